The van der Waals surface area contributed by atoms with Crippen molar-refractivity contribution in [1.82, 2.24) is 20.1 Å². The summed E-state index contributed by atoms with van der Waals surface area (Å²) in [6.45, 7) is 0. The molecule has 0 saturated heterocycles. The highest BCUT2D eigenvalue weighted by Crippen LogP contribution is 2.22. The molecule has 7 nitrogen and oxygen atoms in total. The Morgan fingerprint density at radius 1 is 1.05 bits per heavy atom. The number of benzene rings is 1. The van der Waals surface area contributed by atoms with Gasteiger partial charge < -0.3 is 15.0 Å². The van der Waals surface area contributed by atoms with Gasteiger partial charge in [0.1, 0.15) is 17.8 Å². The van der Waals surface area contributed by atoms with Crippen molar-refractivity contribution in [2.75, 3.05) is 5.73 Å². The van der Waals surface area contributed by atoms with Gasteiger partial charge in [-0.05, 0) is 24.3 Å². The minimum atomic E-state index is 0.379. The first-order valence-electron chi connectivity index (χ1n) is 5.43. The molecule has 0 saturated carbocycles. The monoisotopic (exact) mass is 255 g/mol. The Bertz CT molecular complexity index is 667. The van der Waals surface area contributed by atoms with Crippen LogP contribution >= 0.6 is 0 Å². The number of nitrogens with zero attached hydrogens (tertiary/aromatic N) is 4. The molecule has 0 bridgehead atoms. The van der Waals surface area contributed by atoms with Crippen molar-refractivity contribution >= 4 is 5.69 Å². The molecule has 0 unspecified atom stereocenters. The van der Waals surface area contributed by atoms with Crippen LogP contribution in [0.5, 0.6) is 11.6 Å². The molecule has 2 N–H and O–H groups in total. The topological polar surface area (TPSA) is 100.0 Å². The molecular weight excluding hydrogens is 246 g/mol. The lowest BCUT2D eigenvalue weighted by atomic mass is 10.3. The van der Waals surface area contributed by atoms with Crippen LogP contribution in [-0.4, -0.2) is 20.1 Å². The van der Waals surface area contributed by atoms with Crippen LogP contribution in [0.2, 0.25) is 0 Å². The summed E-state index contributed by atoms with van der Waals surface area (Å²) in [6.07, 6.45) is 2.61. The van der Waals surface area contributed by atoms with Crippen LogP contribution in [0.3, 0.4) is 0 Å². The third kappa shape index (κ3) is 2.49. The van der Waals surface area contributed by atoms with Crippen LogP contribution in [0, 0.1) is 0 Å². The zero-order valence-corrected chi connectivity index (χ0v) is 9.72. The van der Waals surface area contributed by atoms with Gasteiger partial charge in [-0.15, -0.1) is 0 Å². The van der Waals surface area contributed by atoms with Gasteiger partial charge in [0.15, 0.2) is 0 Å². The summed E-state index contributed by atoms with van der Waals surface area (Å²) < 4.78 is 10.2. The van der Waals surface area contributed by atoms with Crippen molar-refractivity contribution in [3.63, 3.8) is 0 Å². The maximum atomic E-state index is 5.60. The highest BCUT2D eigenvalue weighted by atomic mass is 16.5. The van der Waals surface area contributed by atoms with Crippen LogP contribution in [0.15, 0.2) is 47.6 Å². The molecule has 0 fully saturated rings. The molecule has 0 aliphatic carbocycles. The number of rotatable bonds is 3. The Hall–Kier alpha value is -2.96. The molecule has 0 aliphatic rings. The van der Waals surface area contributed by atoms with Crippen LogP contribution in [0.25, 0.3) is 11.5 Å². The van der Waals surface area contributed by atoms with E-state index in [1.165, 1.54) is 12.7 Å². The van der Waals surface area contributed by atoms with Gasteiger partial charge in [0.25, 0.3) is 0 Å². The summed E-state index contributed by atoms with van der Waals surface area (Å²) in [5.41, 5.74) is 6.79. The fraction of sp³-hybridized carbons (Fsp3) is 0. The van der Waals surface area contributed by atoms with Gasteiger partial charge in [0.05, 0.1) is 0 Å². The fourth-order valence-corrected chi connectivity index (χ4v) is 1.46. The lowest BCUT2D eigenvalue weighted by Crippen LogP contribution is -1.92. The van der Waals surface area contributed by atoms with Crippen molar-refractivity contribution in [1.29, 1.82) is 0 Å². The summed E-state index contributed by atoms with van der Waals surface area (Å²) >= 11 is 0. The highest BCUT2D eigenvalue weighted by molar-refractivity contribution is 5.49. The van der Waals surface area contributed by atoms with Crippen molar-refractivity contribution < 1.29 is 9.26 Å². The number of anilines is 1. The molecule has 2 heterocycles. The molecule has 0 aliphatic heterocycles. The second kappa shape index (κ2) is 4.73. The zero-order valence-electron chi connectivity index (χ0n) is 9.72. The molecule has 0 atom stereocenters. The van der Waals surface area contributed by atoms with Crippen LogP contribution < -0.4 is 10.5 Å². The number of hydrogen-bond acceptors (Lipinski definition) is 7. The van der Waals surface area contributed by atoms with E-state index in [4.69, 9.17) is 10.5 Å². The van der Waals surface area contributed by atoms with E-state index in [0.717, 1.165) is 0 Å². The average molecular weight is 255 g/mol. The Kier molecular flexibility index (Phi) is 2.77. The van der Waals surface area contributed by atoms with E-state index in [0.29, 0.717) is 28.8 Å². The summed E-state index contributed by atoms with van der Waals surface area (Å²) in [5.74, 6) is 1.40. The average Bonchev–Trinajstić information content (AvgIpc) is 2.96. The van der Waals surface area contributed by atoms with Gasteiger partial charge in [0, 0.05) is 11.8 Å². The molecule has 3 rings (SSSR count). The Morgan fingerprint density at radius 2 is 1.89 bits per heavy atom. The fourth-order valence-electron chi connectivity index (χ4n) is 1.46. The smallest absolute Gasteiger partial charge is 0.222 e. The minimum absolute atomic E-state index is 0.379. The number of hydrogen-bond donors (Lipinski definition) is 1. The molecule has 0 radical (unpaired) electrons. The van der Waals surface area contributed by atoms with Gasteiger partial charge in [-0.2, -0.15) is 4.98 Å². The molecule has 2 aromatic heterocycles. The third-order valence-electron chi connectivity index (χ3n) is 2.33. The summed E-state index contributed by atoms with van der Waals surface area (Å²) in [4.78, 5) is 12.0. The van der Waals surface area contributed by atoms with Crippen LogP contribution in [-0.2, 0) is 0 Å². The van der Waals surface area contributed by atoms with E-state index in [9.17, 15) is 0 Å². The first-order chi connectivity index (χ1) is 9.31. The number of nitrogens with two attached hydrogens (primary N) is 1. The molecule has 0 amide bonds. The Balaban J connectivity index is 1.85. The van der Waals surface area contributed by atoms with E-state index >= 15 is 0 Å². The normalized spacial score (nSPS) is 10.3. The largest absolute Gasteiger partial charge is 0.439 e. The molecular formula is C12H9N5O2. The Morgan fingerprint density at radius 3 is 2.63 bits per heavy atom. The third-order valence-corrected chi connectivity index (χ3v) is 2.33. The zero-order chi connectivity index (χ0) is 13.1. The molecule has 94 valence electrons. The van der Waals surface area contributed by atoms with E-state index in [1.807, 2.05) is 0 Å². The van der Waals surface area contributed by atoms with Crippen molar-refractivity contribution in [3.05, 3.63) is 43.1 Å². The SMILES string of the molecule is Nc1ccc(Oc2cc(-c3ncon3)ncn2)cc1. The molecule has 19 heavy (non-hydrogen) atoms. The van der Waals surface area contributed by atoms with E-state index in [2.05, 4.69) is 24.6 Å². The molecule has 3 aromatic rings. The van der Waals surface area contributed by atoms with Gasteiger partial charge in [0.2, 0.25) is 18.1 Å². The van der Waals surface area contributed by atoms with Gasteiger partial charge in [-0.1, -0.05) is 5.16 Å². The summed E-state index contributed by atoms with van der Waals surface area (Å²) in [7, 11) is 0. The van der Waals surface area contributed by atoms with Crippen LogP contribution in [0.4, 0.5) is 5.69 Å². The van der Waals surface area contributed by atoms with E-state index in [-0.39, 0.29) is 0 Å². The van der Waals surface area contributed by atoms with Gasteiger partial charge >= 0.3 is 0 Å². The highest BCUT2D eigenvalue weighted by Gasteiger charge is 2.07. The number of ether oxygens (including phenoxy) is 1. The van der Waals surface area contributed by atoms with Gasteiger partial charge in [-0.25, -0.2) is 9.97 Å². The second-order valence-electron chi connectivity index (χ2n) is 3.67. The predicted octanol–water partition coefficient (Wildman–Crippen LogP) is 1.90. The van der Waals surface area contributed by atoms with Crippen molar-refractivity contribution in [2.45, 2.75) is 0 Å². The summed E-state index contributed by atoms with van der Waals surface area (Å²) in [5, 5.41) is 3.70. The maximum absolute atomic E-state index is 5.60. The predicted molar refractivity (Wildman–Crippen MR) is 66.3 cm³/mol. The first-order valence-corrected chi connectivity index (χ1v) is 5.43. The number of aromatic nitrogens is 4. The quantitative estimate of drug-likeness (QED) is 0.713. The van der Waals surface area contributed by atoms with E-state index in [1.54, 1.807) is 30.3 Å². The molecule has 7 heteroatoms. The maximum Gasteiger partial charge on any atom is 0.222 e. The van der Waals surface area contributed by atoms with E-state index < -0.39 is 0 Å². The van der Waals surface area contributed by atoms with Gasteiger partial charge in [-0.3, -0.25) is 0 Å². The molecule has 0 spiro atoms. The standard InChI is InChI=1S/C12H9N5O2/c13-8-1-3-9(4-2-8)19-11-5-10(14-6-15-11)12-16-7-18-17-12/h1-7H,13H2. The first kappa shape index (κ1) is 11.1. The lowest BCUT2D eigenvalue weighted by molar-refractivity contribution is 0.418. The van der Waals surface area contributed by atoms with Crippen molar-refractivity contribution in [3.8, 4) is 23.1 Å². The van der Waals surface area contributed by atoms with Crippen molar-refractivity contribution in [2.24, 2.45) is 0 Å². The minimum Gasteiger partial charge on any atom is -0.439 e. The Labute approximate surface area is 108 Å². The van der Waals surface area contributed by atoms with Crippen LogP contribution in [0.1, 0.15) is 0 Å². The lowest BCUT2D eigenvalue weighted by Gasteiger charge is -2.04. The second-order valence-corrected chi connectivity index (χ2v) is 3.67. The number of nitrogen functional groups attached to an aromatic ring is 1. The summed E-state index contributed by atoms with van der Waals surface area (Å²) in [6, 6.07) is 8.63. The molecule has 1 aromatic carbocycles.